The fourth-order valence-electron chi connectivity index (χ4n) is 2.45. The van der Waals surface area contributed by atoms with Gasteiger partial charge in [-0.25, -0.2) is 0 Å². The summed E-state index contributed by atoms with van der Waals surface area (Å²) in [5.41, 5.74) is 2.27. The highest BCUT2D eigenvalue weighted by atomic mass is 16.4. The first-order valence-electron chi connectivity index (χ1n) is 7.00. The summed E-state index contributed by atoms with van der Waals surface area (Å²) in [6.07, 6.45) is -0.0786. The lowest BCUT2D eigenvalue weighted by atomic mass is 10.00. The lowest BCUT2D eigenvalue weighted by Gasteiger charge is -2.20. The molecular formula is C16H20N2O3. The van der Waals surface area contributed by atoms with Crippen molar-refractivity contribution in [3.05, 3.63) is 35.5 Å². The lowest BCUT2D eigenvalue weighted by Crippen LogP contribution is -2.40. The number of para-hydroxylation sites is 1. The highest BCUT2D eigenvalue weighted by Crippen LogP contribution is 2.22. The van der Waals surface area contributed by atoms with Crippen LogP contribution in [0.25, 0.3) is 10.9 Å². The Bertz CT molecular complexity index is 673. The molecule has 1 aromatic heterocycles. The first-order valence-corrected chi connectivity index (χ1v) is 7.00. The molecule has 1 amide bonds. The lowest BCUT2D eigenvalue weighted by molar-refractivity contribution is -0.137. The average Bonchev–Trinajstić information content (AvgIpc) is 2.73. The fraction of sp³-hybridized carbons (Fsp3) is 0.375. The van der Waals surface area contributed by atoms with Gasteiger partial charge in [-0.2, -0.15) is 0 Å². The number of hydrogen-bond donors (Lipinski definition) is 3. The van der Waals surface area contributed by atoms with Crippen molar-refractivity contribution in [2.45, 2.75) is 33.2 Å². The highest BCUT2D eigenvalue weighted by molar-refractivity contribution is 6.08. The van der Waals surface area contributed by atoms with Gasteiger partial charge >= 0.3 is 5.97 Å². The molecule has 0 spiro atoms. The third-order valence-electron chi connectivity index (χ3n) is 3.64. The number of aromatic nitrogens is 1. The zero-order valence-electron chi connectivity index (χ0n) is 12.4. The molecule has 3 N–H and O–H groups in total. The van der Waals surface area contributed by atoms with Crippen molar-refractivity contribution in [3.63, 3.8) is 0 Å². The Kier molecular flexibility index (Phi) is 4.31. The Morgan fingerprint density at radius 3 is 2.57 bits per heavy atom. The van der Waals surface area contributed by atoms with Crippen LogP contribution in [0.5, 0.6) is 0 Å². The summed E-state index contributed by atoms with van der Waals surface area (Å²) in [6.45, 7) is 5.64. The molecule has 5 nitrogen and oxygen atoms in total. The molecule has 1 aromatic carbocycles. The summed E-state index contributed by atoms with van der Waals surface area (Å²) in [5, 5.41) is 12.6. The molecule has 0 aliphatic rings. The van der Waals surface area contributed by atoms with Crippen molar-refractivity contribution in [2.75, 3.05) is 0 Å². The van der Waals surface area contributed by atoms with Crippen molar-refractivity contribution >= 4 is 22.8 Å². The quantitative estimate of drug-likeness (QED) is 0.791. The third kappa shape index (κ3) is 3.24. The van der Waals surface area contributed by atoms with Crippen LogP contribution in [0.3, 0.4) is 0 Å². The normalized spacial score (nSPS) is 12.6. The van der Waals surface area contributed by atoms with Crippen LogP contribution in [0.2, 0.25) is 0 Å². The fourth-order valence-corrected chi connectivity index (χ4v) is 2.45. The number of aromatic amines is 1. The largest absolute Gasteiger partial charge is 0.481 e. The number of benzene rings is 1. The Morgan fingerprint density at radius 1 is 1.29 bits per heavy atom. The summed E-state index contributed by atoms with van der Waals surface area (Å²) in [6, 6.07) is 7.19. The Labute approximate surface area is 123 Å². The molecule has 0 aliphatic heterocycles. The predicted octanol–water partition coefficient (Wildman–Crippen LogP) is 2.71. The van der Waals surface area contributed by atoms with Gasteiger partial charge in [0, 0.05) is 22.6 Å². The van der Waals surface area contributed by atoms with Gasteiger partial charge in [0.1, 0.15) is 0 Å². The van der Waals surface area contributed by atoms with Crippen LogP contribution < -0.4 is 5.32 Å². The molecule has 5 heteroatoms. The van der Waals surface area contributed by atoms with Gasteiger partial charge < -0.3 is 15.4 Å². The van der Waals surface area contributed by atoms with E-state index in [1.54, 1.807) is 0 Å². The van der Waals surface area contributed by atoms with Crippen LogP contribution in [-0.2, 0) is 4.79 Å². The van der Waals surface area contributed by atoms with Crippen LogP contribution in [-0.4, -0.2) is 28.0 Å². The number of carbonyl (C=O) groups excluding carboxylic acids is 1. The van der Waals surface area contributed by atoms with E-state index in [4.69, 9.17) is 5.11 Å². The van der Waals surface area contributed by atoms with Gasteiger partial charge in [-0.1, -0.05) is 32.0 Å². The van der Waals surface area contributed by atoms with Crippen molar-refractivity contribution in [3.8, 4) is 0 Å². The minimum absolute atomic E-state index is 0.0514. The number of carboxylic acids is 1. The van der Waals surface area contributed by atoms with E-state index in [1.165, 1.54) is 0 Å². The summed E-state index contributed by atoms with van der Waals surface area (Å²) in [4.78, 5) is 26.6. The first-order chi connectivity index (χ1) is 9.90. The number of carbonyl (C=O) groups is 2. The average molecular weight is 288 g/mol. The van der Waals surface area contributed by atoms with Gasteiger partial charge in [-0.05, 0) is 18.9 Å². The van der Waals surface area contributed by atoms with Crippen LogP contribution in [0, 0.1) is 12.8 Å². The topological polar surface area (TPSA) is 82.2 Å². The molecule has 2 rings (SSSR count). The summed E-state index contributed by atoms with van der Waals surface area (Å²) in [7, 11) is 0. The van der Waals surface area contributed by atoms with E-state index in [2.05, 4.69) is 10.3 Å². The number of fused-ring (bicyclic) bond motifs is 1. The maximum Gasteiger partial charge on any atom is 0.305 e. The second-order valence-electron chi connectivity index (χ2n) is 5.59. The minimum atomic E-state index is -0.912. The van der Waals surface area contributed by atoms with Gasteiger partial charge in [0.15, 0.2) is 0 Å². The molecule has 0 aliphatic carbocycles. The summed E-state index contributed by atoms with van der Waals surface area (Å²) in [5.74, 6) is -1.09. The molecule has 1 heterocycles. The second kappa shape index (κ2) is 5.99. The molecule has 0 saturated carbocycles. The van der Waals surface area contributed by atoms with E-state index >= 15 is 0 Å². The molecule has 21 heavy (non-hydrogen) atoms. The van der Waals surface area contributed by atoms with Crippen LogP contribution in [0.1, 0.15) is 36.3 Å². The number of carboxylic acid groups (broad SMARTS) is 1. The molecule has 0 radical (unpaired) electrons. The van der Waals surface area contributed by atoms with Crippen molar-refractivity contribution < 1.29 is 14.7 Å². The number of nitrogens with one attached hydrogen (secondary N) is 2. The molecule has 2 aromatic rings. The molecule has 1 atom stereocenters. The van der Waals surface area contributed by atoms with Gasteiger partial charge in [0.25, 0.3) is 5.91 Å². The van der Waals surface area contributed by atoms with E-state index in [9.17, 15) is 9.59 Å². The van der Waals surface area contributed by atoms with Crippen LogP contribution in [0.4, 0.5) is 0 Å². The Hall–Kier alpha value is -2.30. The van der Waals surface area contributed by atoms with E-state index in [0.29, 0.717) is 5.56 Å². The Morgan fingerprint density at radius 2 is 1.95 bits per heavy atom. The highest BCUT2D eigenvalue weighted by Gasteiger charge is 2.22. The molecule has 112 valence electrons. The molecular weight excluding hydrogens is 268 g/mol. The van der Waals surface area contributed by atoms with E-state index in [0.717, 1.165) is 16.6 Å². The van der Waals surface area contributed by atoms with Gasteiger partial charge in [0.05, 0.1) is 12.0 Å². The number of hydrogen-bond acceptors (Lipinski definition) is 2. The third-order valence-corrected chi connectivity index (χ3v) is 3.64. The van der Waals surface area contributed by atoms with Gasteiger partial charge in [-0.3, -0.25) is 9.59 Å². The standard InChI is InChI=1S/C16H20N2O3/c1-9(2)13(8-14(19)20)18-16(21)15-10(3)17-12-7-5-4-6-11(12)15/h4-7,9,13,17H,8H2,1-3H3,(H,18,21)(H,19,20). The number of aryl methyl sites for hydroxylation is 1. The zero-order valence-corrected chi connectivity index (χ0v) is 12.4. The number of amides is 1. The van der Waals surface area contributed by atoms with Crippen molar-refractivity contribution in [2.24, 2.45) is 5.92 Å². The monoisotopic (exact) mass is 288 g/mol. The minimum Gasteiger partial charge on any atom is -0.481 e. The number of aliphatic carboxylic acids is 1. The predicted molar refractivity (Wildman–Crippen MR) is 81.4 cm³/mol. The second-order valence-corrected chi connectivity index (χ2v) is 5.59. The van der Waals surface area contributed by atoms with Crippen LogP contribution in [0.15, 0.2) is 24.3 Å². The van der Waals surface area contributed by atoms with Crippen LogP contribution >= 0.6 is 0 Å². The Balaban J connectivity index is 2.29. The van der Waals surface area contributed by atoms with E-state index in [1.807, 2.05) is 45.0 Å². The molecule has 0 bridgehead atoms. The van der Waals surface area contributed by atoms with E-state index < -0.39 is 5.97 Å². The summed E-state index contributed by atoms with van der Waals surface area (Å²) < 4.78 is 0. The number of rotatable bonds is 5. The first kappa shape index (κ1) is 15.1. The smallest absolute Gasteiger partial charge is 0.305 e. The van der Waals surface area contributed by atoms with Crippen molar-refractivity contribution in [1.29, 1.82) is 0 Å². The van der Waals surface area contributed by atoms with Crippen molar-refractivity contribution in [1.82, 2.24) is 10.3 Å². The van der Waals surface area contributed by atoms with Gasteiger partial charge in [-0.15, -0.1) is 0 Å². The maximum atomic E-state index is 12.5. The molecule has 0 fully saturated rings. The summed E-state index contributed by atoms with van der Waals surface area (Å²) >= 11 is 0. The maximum absolute atomic E-state index is 12.5. The zero-order chi connectivity index (χ0) is 15.6. The SMILES string of the molecule is Cc1[nH]c2ccccc2c1C(=O)NC(CC(=O)O)C(C)C. The molecule has 0 saturated heterocycles. The van der Waals surface area contributed by atoms with Gasteiger partial charge in [0.2, 0.25) is 0 Å². The van der Waals surface area contributed by atoms with E-state index in [-0.39, 0.29) is 24.3 Å². The molecule has 1 unspecified atom stereocenters. The number of H-pyrrole nitrogens is 1.